The van der Waals surface area contributed by atoms with Crippen LogP contribution in [0.2, 0.25) is 5.02 Å². The van der Waals surface area contributed by atoms with Gasteiger partial charge in [0.15, 0.2) is 0 Å². The molecule has 0 aliphatic carbocycles. The smallest absolute Gasteiger partial charge is 0.236 e. The number of carbonyl (C=O) groups excluding carboxylic acids is 1. The first kappa shape index (κ1) is 16.0. The number of hydrogen-bond donors (Lipinski definition) is 0. The largest absolute Gasteiger partial charge is 0.340 e. The normalized spacial score (nSPS) is 10.9. The predicted molar refractivity (Wildman–Crippen MR) is 88.6 cm³/mol. The Labute approximate surface area is 134 Å². The molecule has 0 atom stereocenters. The highest BCUT2D eigenvalue weighted by Crippen LogP contribution is 2.16. The third kappa shape index (κ3) is 4.84. The summed E-state index contributed by atoms with van der Waals surface area (Å²) in [6.45, 7) is 1.70. The molecule has 1 aromatic heterocycles. The Balaban J connectivity index is 1.85. The fraction of sp³-hybridized carbons (Fsp3) is 0.312. The second kappa shape index (κ2) is 7.59. The number of likely N-dealkylation sites (N-methyl/N-ethyl adjacent to an activating group) is 2. The van der Waals surface area contributed by atoms with E-state index in [4.69, 9.17) is 11.6 Å². The molecule has 1 heterocycles. The summed E-state index contributed by atoms with van der Waals surface area (Å²) in [4.78, 5) is 15.9. The SMILES string of the molecule is CN(CC(=O)N(C)Cc1ccsc1)Cc1ccccc1Cl. The Bertz CT molecular complexity index is 586. The molecule has 0 N–H and O–H groups in total. The maximum absolute atomic E-state index is 12.2. The molecule has 0 saturated carbocycles. The lowest BCUT2D eigenvalue weighted by Gasteiger charge is -2.22. The molecule has 0 aliphatic rings. The fourth-order valence-corrected chi connectivity index (χ4v) is 2.92. The van der Waals surface area contributed by atoms with Crippen molar-refractivity contribution < 1.29 is 4.79 Å². The third-order valence-electron chi connectivity index (χ3n) is 3.23. The van der Waals surface area contributed by atoms with E-state index < -0.39 is 0 Å². The molecule has 2 rings (SSSR count). The summed E-state index contributed by atoms with van der Waals surface area (Å²) in [6, 6.07) is 9.76. The lowest BCUT2D eigenvalue weighted by atomic mass is 10.2. The molecule has 0 radical (unpaired) electrons. The highest BCUT2D eigenvalue weighted by molar-refractivity contribution is 7.07. The minimum Gasteiger partial charge on any atom is -0.340 e. The van der Waals surface area contributed by atoms with Crippen molar-refractivity contribution in [3.8, 4) is 0 Å². The van der Waals surface area contributed by atoms with Gasteiger partial charge in [-0.05, 0) is 41.1 Å². The van der Waals surface area contributed by atoms with E-state index in [1.165, 1.54) is 5.56 Å². The molecule has 0 unspecified atom stereocenters. The van der Waals surface area contributed by atoms with E-state index >= 15 is 0 Å². The molecule has 2 aromatic rings. The van der Waals surface area contributed by atoms with Gasteiger partial charge in [-0.1, -0.05) is 29.8 Å². The average molecular weight is 323 g/mol. The van der Waals surface area contributed by atoms with Gasteiger partial charge in [-0.15, -0.1) is 0 Å². The number of nitrogens with zero attached hydrogens (tertiary/aromatic N) is 2. The highest BCUT2D eigenvalue weighted by Gasteiger charge is 2.13. The molecule has 21 heavy (non-hydrogen) atoms. The average Bonchev–Trinajstić information content (AvgIpc) is 2.94. The topological polar surface area (TPSA) is 23.6 Å². The predicted octanol–water partition coefficient (Wildman–Crippen LogP) is 3.49. The maximum atomic E-state index is 12.2. The first-order chi connectivity index (χ1) is 10.1. The Morgan fingerprint density at radius 2 is 1.95 bits per heavy atom. The molecule has 112 valence electrons. The second-order valence-corrected chi connectivity index (χ2v) is 6.33. The van der Waals surface area contributed by atoms with Gasteiger partial charge in [0.1, 0.15) is 0 Å². The molecule has 1 amide bonds. The Kier molecular flexibility index (Phi) is 5.79. The summed E-state index contributed by atoms with van der Waals surface area (Å²) in [7, 11) is 3.77. The van der Waals surface area contributed by atoms with Crippen LogP contribution < -0.4 is 0 Å². The van der Waals surface area contributed by atoms with E-state index in [1.807, 2.05) is 54.7 Å². The van der Waals surface area contributed by atoms with Gasteiger partial charge in [-0.3, -0.25) is 9.69 Å². The van der Waals surface area contributed by atoms with Crippen LogP contribution in [-0.4, -0.2) is 36.3 Å². The van der Waals surface area contributed by atoms with Crippen LogP contribution >= 0.6 is 22.9 Å². The number of amides is 1. The van der Waals surface area contributed by atoms with Crippen LogP contribution in [0.5, 0.6) is 0 Å². The first-order valence-electron chi connectivity index (χ1n) is 6.73. The molecule has 3 nitrogen and oxygen atoms in total. The van der Waals surface area contributed by atoms with E-state index in [1.54, 1.807) is 16.2 Å². The molecule has 0 spiro atoms. The van der Waals surface area contributed by atoms with Crippen molar-refractivity contribution in [2.24, 2.45) is 0 Å². The van der Waals surface area contributed by atoms with Crippen LogP contribution in [-0.2, 0) is 17.9 Å². The van der Waals surface area contributed by atoms with Crippen molar-refractivity contribution in [2.45, 2.75) is 13.1 Å². The minimum absolute atomic E-state index is 0.107. The Morgan fingerprint density at radius 1 is 1.19 bits per heavy atom. The first-order valence-corrected chi connectivity index (χ1v) is 8.05. The van der Waals surface area contributed by atoms with Crippen molar-refractivity contribution in [1.82, 2.24) is 9.80 Å². The van der Waals surface area contributed by atoms with Crippen molar-refractivity contribution in [3.05, 3.63) is 57.2 Å². The summed E-state index contributed by atoms with van der Waals surface area (Å²) in [5.74, 6) is 0.107. The number of hydrogen-bond acceptors (Lipinski definition) is 3. The standard InChI is InChI=1S/C16H19ClN2OS/c1-18(10-14-5-3-4-6-15(14)17)11-16(20)19(2)9-13-7-8-21-12-13/h3-8,12H,9-11H2,1-2H3. The van der Waals surface area contributed by atoms with E-state index in [0.29, 0.717) is 19.6 Å². The summed E-state index contributed by atoms with van der Waals surface area (Å²) >= 11 is 7.79. The van der Waals surface area contributed by atoms with Crippen LogP contribution in [0.25, 0.3) is 0 Å². The van der Waals surface area contributed by atoms with Gasteiger partial charge in [0.25, 0.3) is 0 Å². The van der Waals surface area contributed by atoms with Gasteiger partial charge in [0, 0.05) is 25.2 Å². The zero-order valence-corrected chi connectivity index (χ0v) is 13.8. The molecule has 1 aromatic carbocycles. The molecule has 0 saturated heterocycles. The van der Waals surface area contributed by atoms with E-state index in [0.717, 1.165) is 10.6 Å². The van der Waals surface area contributed by atoms with E-state index in [2.05, 4.69) is 5.38 Å². The quantitative estimate of drug-likeness (QED) is 0.812. The fourth-order valence-electron chi connectivity index (χ4n) is 2.07. The van der Waals surface area contributed by atoms with Crippen LogP contribution in [0.4, 0.5) is 0 Å². The van der Waals surface area contributed by atoms with Gasteiger partial charge in [-0.25, -0.2) is 0 Å². The number of carbonyl (C=O) groups is 1. The third-order valence-corrected chi connectivity index (χ3v) is 4.33. The molecule has 0 aliphatic heterocycles. The van der Waals surface area contributed by atoms with Crippen LogP contribution in [0.1, 0.15) is 11.1 Å². The van der Waals surface area contributed by atoms with Crippen LogP contribution in [0.15, 0.2) is 41.1 Å². The lowest BCUT2D eigenvalue weighted by Crippen LogP contribution is -2.36. The minimum atomic E-state index is 0.107. The number of halogens is 1. The number of rotatable bonds is 6. The van der Waals surface area contributed by atoms with Crippen LogP contribution in [0.3, 0.4) is 0 Å². The molecular formula is C16H19ClN2OS. The van der Waals surface area contributed by atoms with Crippen molar-refractivity contribution in [3.63, 3.8) is 0 Å². The molecule has 0 bridgehead atoms. The second-order valence-electron chi connectivity index (χ2n) is 5.15. The summed E-state index contributed by atoms with van der Waals surface area (Å²) in [5.41, 5.74) is 2.21. The lowest BCUT2D eigenvalue weighted by molar-refractivity contribution is -0.131. The Hall–Kier alpha value is -1.36. The maximum Gasteiger partial charge on any atom is 0.236 e. The van der Waals surface area contributed by atoms with Gasteiger partial charge in [0.05, 0.1) is 6.54 Å². The summed E-state index contributed by atoms with van der Waals surface area (Å²) in [5, 5.41) is 4.83. The van der Waals surface area contributed by atoms with E-state index in [-0.39, 0.29) is 5.91 Å². The number of benzene rings is 1. The van der Waals surface area contributed by atoms with Gasteiger partial charge in [-0.2, -0.15) is 11.3 Å². The van der Waals surface area contributed by atoms with Gasteiger partial charge in [0.2, 0.25) is 5.91 Å². The molecule has 0 fully saturated rings. The zero-order chi connectivity index (χ0) is 15.2. The zero-order valence-electron chi connectivity index (χ0n) is 12.3. The van der Waals surface area contributed by atoms with Crippen molar-refractivity contribution in [2.75, 3.05) is 20.6 Å². The molecular weight excluding hydrogens is 304 g/mol. The van der Waals surface area contributed by atoms with Crippen molar-refractivity contribution in [1.29, 1.82) is 0 Å². The molecule has 5 heteroatoms. The highest BCUT2D eigenvalue weighted by atomic mass is 35.5. The monoisotopic (exact) mass is 322 g/mol. The number of thiophene rings is 1. The van der Waals surface area contributed by atoms with E-state index in [9.17, 15) is 4.79 Å². The van der Waals surface area contributed by atoms with Crippen LogP contribution in [0, 0.1) is 0 Å². The Morgan fingerprint density at radius 3 is 2.62 bits per heavy atom. The summed E-state index contributed by atoms with van der Waals surface area (Å²) < 4.78 is 0. The summed E-state index contributed by atoms with van der Waals surface area (Å²) in [6.07, 6.45) is 0. The van der Waals surface area contributed by atoms with Gasteiger partial charge < -0.3 is 4.90 Å². The van der Waals surface area contributed by atoms with Crippen molar-refractivity contribution >= 4 is 28.8 Å². The van der Waals surface area contributed by atoms with Gasteiger partial charge >= 0.3 is 0 Å².